The van der Waals surface area contributed by atoms with Crippen molar-refractivity contribution in [3.63, 3.8) is 0 Å². The third-order valence-corrected chi connectivity index (χ3v) is 2.45. The van der Waals surface area contributed by atoms with Crippen molar-refractivity contribution in [3.05, 3.63) is 0 Å². The molecule has 0 amide bonds. The van der Waals surface area contributed by atoms with Crippen LogP contribution in [0.4, 0.5) is 13.2 Å². The molecule has 0 spiro atoms. The van der Waals surface area contributed by atoms with Crippen molar-refractivity contribution < 1.29 is 18.3 Å². The van der Waals surface area contributed by atoms with E-state index in [-0.39, 0.29) is 24.5 Å². The molecule has 1 unspecified atom stereocenters. The molecule has 0 saturated carbocycles. The molecule has 16 heavy (non-hydrogen) atoms. The van der Waals surface area contributed by atoms with E-state index in [4.69, 9.17) is 5.11 Å². The Bertz CT molecular complexity index is 192. The van der Waals surface area contributed by atoms with Crippen LogP contribution in [0.2, 0.25) is 0 Å². The first-order valence-corrected chi connectivity index (χ1v) is 5.57. The summed E-state index contributed by atoms with van der Waals surface area (Å²) in [5.74, 6) is 0. The predicted octanol–water partition coefficient (Wildman–Crippen LogP) is 2.72. The van der Waals surface area contributed by atoms with Gasteiger partial charge in [0.2, 0.25) is 0 Å². The van der Waals surface area contributed by atoms with Crippen molar-refractivity contribution in [3.8, 4) is 0 Å². The van der Waals surface area contributed by atoms with Gasteiger partial charge in [0.1, 0.15) is 0 Å². The zero-order valence-electron chi connectivity index (χ0n) is 10.2. The Hall–Kier alpha value is -0.290. The quantitative estimate of drug-likeness (QED) is 0.718. The fourth-order valence-corrected chi connectivity index (χ4v) is 1.22. The highest BCUT2D eigenvalue weighted by Crippen LogP contribution is 2.22. The Kier molecular flexibility index (Phi) is 6.33. The van der Waals surface area contributed by atoms with Crippen molar-refractivity contribution in [1.82, 2.24) is 5.32 Å². The van der Waals surface area contributed by atoms with Gasteiger partial charge in [-0.25, -0.2) is 0 Å². The summed E-state index contributed by atoms with van der Waals surface area (Å²) >= 11 is 0. The number of nitrogens with one attached hydrogen (secondary N) is 1. The summed E-state index contributed by atoms with van der Waals surface area (Å²) in [6.07, 6.45) is -4.12. The Morgan fingerprint density at radius 2 is 1.81 bits per heavy atom. The van der Waals surface area contributed by atoms with Crippen molar-refractivity contribution >= 4 is 0 Å². The zero-order chi connectivity index (χ0) is 12.8. The summed E-state index contributed by atoms with van der Waals surface area (Å²) in [4.78, 5) is 0. The summed E-state index contributed by atoms with van der Waals surface area (Å²) in [7, 11) is 0. The van der Waals surface area contributed by atoms with Crippen LogP contribution in [-0.4, -0.2) is 30.5 Å². The third-order valence-electron chi connectivity index (χ3n) is 2.45. The second-order valence-corrected chi connectivity index (χ2v) is 5.11. The maximum atomic E-state index is 11.9. The minimum atomic E-state index is -4.05. The van der Waals surface area contributed by atoms with Crippen molar-refractivity contribution in [2.75, 3.05) is 13.2 Å². The van der Waals surface area contributed by atoms with Gasteiger partial charge in [-0.05, 0) is 19.8 Å². The van der Waals surface area contributed by atoms with E-state index in [0.29, 0.717) is 13.0 Å². The van der Waals surface area contributed by atoms with E-state index in [1.54, 1.807) is 0 Å². The minimum absolute atomic E-state index is 0.0492. The first-order valence-electron chi connectivity index (χ1n) is 5.57. The van der Waals surface area contributed by atoms with Gasteiger partial charge < -0.3 is 10.4 Å². The second kappa shape index (κ2) is 6.45. The van der Waals surface area contributed by atoms with Crippen molar-refractivity contribution in [1.29, 1.82) is 0 Å². The van der Waals surface area contributed by atoms with Gasteiger partial charge in [-0.3, -0.25) is 0 Å². The van der Waals surface area contributed by atoms with E-state index < -0.39 is 12.6 Å². The monoisotopic (exact) mass is 241 g/mol. The van der Waals surface area contributed by atoms with Gasteiger partial charge in [0.25, 0.3) is 0 Å². The second-order valence-electron chi connectivity index (χ2n) is 5.11. The molecule has 2 nitrogen and oxygen atoms in total. The largest absolute Gasteiger partial charge is 0.396 e. The van der Waals surface area contributed by atoms with E-state index in [0.717, 1.165) is 0 Å². The molecule has 0 fully saturated rings. The molecule has 0 radical (unpaired) electrons. The lowest BCUT2D eigenvalue weighted by Gasteiger charge is -2.25. The lowest BCUT2D eigenvalue weighted by atomic mass is 9.94. The highest BCUT2D eigenvalue weighted by atomic mass is 19.4. The van der Waals surface area contributed by atoms with E-state index in [9.17, 15) is 13.2 Å². The summed E-state index contributed by atoms with van der Waals surface area (Å²) < 4.78 is 35.6. The fraction of sp³-hybridized carbons (Fsp3) is 1.00. The summed E-state index contributed by atoms with van der Waals surface area (Å²) in [6.45, 7) is 6.35. The highest BCUT2D eigenvalue weighted by Gasteiger charge is 2.26. The number of rotatable bonds is 7. The molecule has 0 heterocycles. The van der Waals surface area contributed by atoms with Crippen LogP contribution in [0.1, 0.15) is 40.0 Å². The van der Waals surface area contributed by atoms with Crippen LogP contribution < -0.4 is 5.32 Å². The predicted molar refractivity (Wildman–Crippen MR) is 58.2 cm³/mol. The van der Waals surface area contributed by atoms with E-state index in [1.807, 2.05) is 20.8 Å². The Labute approximate surface area is 95.2 Å². The van der Waals surface area contributed by atoms with Crippen LogP contribution in [0.5, 0.6) is 0 Å². The highest BCUT2D eigenvalue weighted by molar-refractivity contribution is 4.73. The lowest BCUT2D eigenvalue weighted by molar-refractivity contribution is -0.135. The first-order chi connectivity index (χ1) is 7.16. The fourth-order valence-electron chi connectivity index (χ4n) is 1.22. The molecule has 2 N–H and O–H groups in total. The molecule has 98 valence electrons. The number of aliphatic hydroxyl groups is 1. The molecule has 0 aromatic heterocycles. The molecule has 1 atom stereocenters. The third kappa shape index (κ3) is 8.97. The molecule has 5 heteroatoms. The van der Waals surface area contributed by atoms with Crippen molar-refractivity contribution in [2.24, 2.45) is 5.41 Å². The molecular weight excluding hydrogens is 219 g/mol. The van der Waals surface area contributed by atoms with Crippen LogP contribution in [0.25, 0.3) is 0 Å². The average Bonchev–Trinajstić information content (AvgIpc) is 2.13. The standard InChI is InChI=1S/C11H22F3NO/c1-9(5-4-6-11(12,13)14)15-7-10(2,3)8-16/h9,15-16H,4-8H2,1-3H3. The van der Waals surface area contributed by atoms with E-state index in [2.05, 4.69) is 5.32 Å². The van der Waals surface area contributed by atoms with Gasteiger partial charge in [-0.1, -0.05) is 13.8 Å². The lowest BCUT2D eigenvalue weighted by Crippen LogP contribution is -2.37. The summed E-state index contributed by atoms with van der Waals surface area (Å²) in [5, 5.41) is 12.1. The number of halogens is 3. The average molecular weight is 241 g/mol. The van der Waals surface area contributed by atoms with Crippen LogP contribution >= 0.6 is 0 Å². The molecule has 0 aliphatic heterocycles. The summed E-state index contributed by atoms with van der Waals surface area (Å²) in [6, 6.07) is 0.0492. The molecule has 0 aliphatic carbocycles. The number of aliphatic hydroxyl groups excluding tert-OH is 1. The van der Waals surface area contributed by atoms with Crippen LogP contribution in [-0.2, 0) is 0 Å². The van der Waals surface area contributed by atoms with Gasteiger partial charge >= 0.3 is 6.18 Å². The van der Waals surface area contributed by atoms with Crippen LogP contribution in [0.15, 0.2) is 0 Å². The Morgan fingerprint density at radius 1 is 1.25 bits per heavy atom. The van der Waals surface area contributed by atoms with Gasteiger partial charge in [-0.2, -0.15) is 13.2 Å². The topological polar surface area (TPSA) is 32.3 Å². The number of hydrogen-bond acceptors (Lipinski definition) is 2. The van der Waals surface area contributed by atoms with Crippen LogP contribution in [0.3, 0.4) is 0 Å². The molecule has 0 aliphatic rings. The molecule has 0 aromatic rings. The van der Waals surface area contributed by atoms with E-state index >= 15 is 0 Å². The smallest absolute Gasteiger partial charge is 0.389 e. The van der Waals surface area contributed by atoms with Gasteiger partial charge in [0.05, 0.1) is 0 Å². The summed E-state index contributed by atoms with van der Waals surface area (Å²) in [5.41, 5.74) is -0.224. The number of alkyl halides is 3. The van der Waals surface area contributed by atoms with Crippen LogP contribution in [0, 0.1) is 5.41 Å². The van der Waals surface area contributed by atoms with E-state index in [1.165, 1.54) is 0 Å². The first kappa shape index (κ1) is 15.7. The maximum absolute atomic E-state index is 11.9. The maximum Gasteiger partial charge on any atom is 0.389 e. The molecule has 0 rings (SSSR count). The molecular formula is C11H22F3NO. The normalized spacial score (nSPS) is 15.2. The minimum Gasteiger partial charge on any atom is -0.396 e. The zero-order valence-corrected chi connectivity index (χ0v) is 10.2. The Morgan fingerprint density at radius 3 is 2.25 bits per heavy atom. The Balaban J connectivity index is 3.64. The van der Waals surface area contributed by atoms with Crippen molar-refractivity contribution in [2.45, 2.75) is 52.3 Å². The van der Waals surface area contributed by atoms with Gasteiger partial charge in [0.15, 0.2) is 0 Å². The molecule has 0 bridgehead atoms. The SMILES string of the molecule is CC(CCCC(F)(F)F)NCC(C)(C)CO. The number of hydrogen-bond donors (Lipinski definition) is 2. The molecule has 0 saturated heterocycles. The molecule has 0 aromatic carbocycles. The van der Waals surface area contributed by atoms with Gasteiger partial charge in [-0.15, -0.1) is 0 Å². The van der Waals surface area contributed by atoms with Gasteiger partial charge in [0, 0.05) is 31.0 Å².